The van der Waals surface area contributed by atoms with Crippen LogP contribution in [0.2, 0.25) is 0 Å². The van der Waals surface area contributed by atoms with Crippen molar-refractivity contribution in [2.75, 3.05) is 6.61 Å². The average molecular weight is 532 g/mol. The van der Waals surface area contributed by atoms with Crippen molar-refractivity contribution in [1.82, 2.24) is 0 Å². The van der Waals surface area contributed by atoms with Crippen molar-refractivity contribution in [3.63, 3.8) is 0 Å². The topological polar surface area (TPSA) is 88.4 Å². The molecular weight excluding hydrogens is 490 g/mol. The summed E-state index contributed by atoms with van der Waals surface area (Å²) >= 11 is 0. The summed E-state index contributed by atoms with van der Waals surface area (Å²) in [4.78, 5) is 16.8. The number of unbranched alkanes of at least 4 members (excludes halogenated alkanes) is 9. The number of carbonyl (C=O) groups is 1. The first-order chi connectivity index (χ1) is 19.0. The molecule has 2 N–H and O–H groups in total. The second kappa shape index (κ2) is 16.2. The summed E-state index contributed by atoms with van der Waals surface area (Å²) in [5.74, 6) is 0.516. The zero-order chi connectivity index (χ0) is 27.9. The van der Waals surface area contributed by atoms with E-state index in [-0.39, 0.29) is 17.2 Å². The van der Waals surface area contributed by atoms with Crippen LogP contribution in [0.3, 0.4) is 0 Å². The van der Waals surface area contributed by atoms with E-state index < -0.39 is 5.97 Å². The van der Waals surface area contributed by atoms with Gasteiger partial charge in [-0.15, -0.1) is 0 Å². The maximum atomic E-state index is 12.6. The lowest BCUT2D eigenvalue weighted by molar-refractivity contribution is 0.0734. The first kappa shape index (κ1) is 29.8. The van der Waals surface area contributed by atoms with E-state index in [9.17, 15) is 15.0 Å². The van der Waals surface area contributed by atoms with Crippen LogP contribution in [0.1, 0.15) is 92.6 Å². The number of esters is 1. The van der Waals surface area contributed by atoms with E-state index in [0.717, 1.165) is 17.7 Å². The van der Waals surface area contributed by atoms with E-state index in [1.807, 2.05) is 0 Å². The fourth-order valence-corrected chi connectivity index (χ4v) is 4.15. The summed E-state index contributed by atoms with van der Waals surface area (Å²) in [6.07, 6.45) is 14.3. The van der Waals surface area contributed by atoms with Crippen LogP contribution in [-0.4, -0.2) is 29.0 Å². The molecule has 39 heavy (non-hydrogen) atoms. The first-order valence-corrected chi connectivity index (χ1v) is 14.1. The number of ether oxygens (including phenoxy) is 2. The van der Waals surface area contributed by atoms with Gasteiger partial charge in [-0.1, -0.05) is 70.8 Å². The van der Waals surface area contributed by atoms with Gasteiger partial charge in [0.05, 0.1) is 17.9 Å². The second-order valence-corrected chi connectivity index (χ2v) is 9.89. The molecule has 208 valence electrons. The SMILES string of the molecule is CCCCCCCCCCCCOc1ccc(C(=O)Oc2ccc(C=Nc3ccc(C)c(O)c3)c(O)c2)cc1. The minimum Gasteiger partial charge on any atom is -0.508 e. The number of nitrogens with zero attached hydrogens (tertiary/aromatic N) is 1. The highest BCUT2D eigenvalue weighted by Crippen LogP contribution is 2.26. The standard InChI is InChI=1S/C33H41NO5/c1-3-4-5-6-7-8-9-10-11-12-21-38-29-18-14-26(15-19-29)33(37)39-30-20-16-27(32(36)23-30)24-34-28-17-13-25(2)31(35)22-28/h13-20,22-24,35-36H,3-12,21H2,1-2H3. The molecule has 0 radical (unpaired) electrons. The molecule has 0 bridgehead atoms. The van der Waals surface area contributed by atoms with Crippen LogP contribution in [0.5, 0.6) is 23.0 Å². The third-order valence-corrected chi connectivity index (χ3v) is 6.61. The van der Waals surface area contributed by atoms with Gasteiger partial charge < -0.3 is 19.7 Å². The Morgan fingerprint density at radius 1 is 0.769 bits per heavy atom. The van der Waals surface area contributed by atoms with Crippen molar-refractivity contribution in [2.45, 2.75) is 78.1 Å². The fraction of sp³-hybridized carbons (Fsp3) is 0.394. The number of hydrogen-bond acceptors (Lipinski definition) is 6. The van der Waals surface area contributed by atoms with Crippen molar-refractivity contribution in [1.29, 1.82) is 0 Å². The Morgan fingerprint density at radius 2 is 1.41 bits per heavy atom. The molecule has 0 saturated carbocycles. The van der Waals surface area contributed by atoms with Crippen molar-refractivity contribution in [3.8, 4) is 23.0 Å². The van der Waals surface area contributed by atoms with Crippen molar-refractivity contribution < 1.29 is 24.5 Å². The molecule has 0 aliphatic rings. The lowest BCUT2D eigenvalue weighted by Crippen LogP contribution is -2.08. The number of phenolic OH excluding ortho intramolecular Hbond substituents is 2. The van der Waals surface area contributed by atoms with Crippen LogP contribution in [0, 0.1) is 6.92 Å². The molecule has 0 unspecified atom stereocenters. The largest absolute Gasteiger partial charge is 0.508 e. The van der Waals surface area contributed by atoms with E-state index in [0.29, 0.717) is 23.4 Å². The van der Waals surface area contributed by atoms with Crippen LogP contribution < -0.4 is 9.47 Å². The van der Waals surface area contributed by atoms with Gasteiger partial charge in [0.25, 0.3) is 0 Å². The molecule has 0 saturated heterocycles. The Labute approximate surface area is 232 Å². The second-order valence-electron chi connectivity index (χ2n) is 9.89. The number of hydrogen-bond donors (Lipinski definition) is 2. The Balaban J connectivity index is 1.38. The highest BCUT2D eigenvalue weighted by Gasteiger charge is 2.11. The third-order valence-electron chi connectivity index (χ3n) is 6.61. The van der Waals surface area contributed by atoms with Crippen molar-refractivity contribution in [3.05, 3.63) is 77.4 Å². The number of rotatable bonds is 16. The maximum absolute atomic E-state index is 12.6. The van der Waals surface area contributed by atoms with Crippen molar-refractivity contribution >= 4 is 17.9 Å². The lowest BCUT2D eigenvalue weighted by atomic mass is 10.1. The number of aryl methyl sites for hydroxylation is 1. The molecule has 0 fully saturated rings. The van der Waals surface area contributed by atoms with Gasteiger partial charge in [-0.3, -0.25) is 4.99 Å². The molecule has 0 aliphatic carbocycles. The quantitative estimate of drug-likeness (QED) is 0.0835. The average Bonchev–Trinajstić information content (AvgIpc) is 2.93. The van der Waals surface area contributed by atoms with Crippen LogP contribution in [0.4, 0.5) is 5.69 Å². The molecule has 0 amide bonds. The molecule has 3 aromatic rings. The van der Waals surface area contributed by atoms with Crippen LogP contribution in [0.25, 0.3) is 0 Å². The molecule has 0 heterocycles. The molecule has 3 rings (SSSR count). The highest BCUT2D eigenvalue weighted by molar-refractivity contribution is 5.91. The van der Waals surface area contributed by atoms with Gasteiger partial charge in [-0.2, -0.15) is 0 Å². The summed E-state index contributed by atoms with van der Waals surface area (Å²) in [5.41, 5.74) is 2.17. The van der Waals surface area contributed by atoms with E-state index in [1.165, 1.54) is 70.1 Å². The summed E-state index contributed by atoms with van der Waals surface area (Å²) in [5, 5.41) is 20.2. The number of phenols is 2. The van der Waals surface area contributed by atoms with Crippen LogP contribution >= 0.6 is 0 Å². The van der Waals surface area contributed by atoms with Gasteiger partial charge in [-0.25, -0.2) is 4.79 Å². The van der Waals surface area contributed by atoms with E-state index in [1.54, 1.807) is 61.5 Å². The minimum absolute atomic E-state index is 0.0731. The van der Waals surface area contributed by atoms with Gasteiger partial charge in [-0.05, 0) is 61.4 Å². The summed E-state index contributed by atoms with van der Waals surface area (Å²) in [7, 11) is 0. The van der Waals surface area contributed by atoms with E-state index >= 15 is 0 Å². The first-order valence-electron chi connectivity index (χ1n) is 14.1. The molecular formula is C33H41NO5. The number of benzene rings is 3. The van der Waals surface area contributed by atoms with E-state index in [2.05, 4.69) is 11.9 Å². The van der Waals surface area contributed by atoms with Crippen LogP contribution in [0.15, 0.2) is 65.7 Å². The maximum Gasteiger partial charge on any atom is 0.343 e. The number of carbonyl (C=O) groups excluding carboxylic acids is 1. The van der Waals surface area contributed by atoms with Gasteiger partial charge >= 0.3 is 5.97 Å². The predicted octanol–water partition coefficient (Wildman–Crippen LogP) is 8.68. The minimum atomic E-state index is -0.521. The summed E-state index contributed by atoms with van der Waals surface area (Å²) in [6.45, 7) is 4.72. The molecule has 0 spiro atoms. The predicted molar refractivity (Wildman–Crippen MR) is 157 cm³/mol. The molecule has 6 nitrogen and oxygen atoms in total. The summed E-state index contributed by atoms with van der Waals surface area (Å²) in [6, 6.07) is 16.6. The zero-order valence-electron chi connectivity index (χ0n) is 23.2. The monoisotopic (exact) mass is 531 g/mol. The molecule has 6 heteroatoms. The fourth-order valence-electron chi connectivity index (χ4n) is 4.15. The smallest absolute Gasteiger partial charge is 0.343 e. The molecule has 0 aliphatic heterocycles. The van der Waals surface area contributed by atoms with Gasteiger partial charge in [0.1, 0.15) is 23.0 Å². The highest BCUT2D eigenvalue weighted by atomic mass is 16.5. The molecule has 0 atom stereocenters. The number of aliphatic imine (C=N–C) groups is 1. The van der Waals surface area contributed by atoms with Crippen molar-refractivity contribution in [2.24, 2.45) is 4.99 Å². The third kappa shape index (κ3) is 10.5. The normalized spacial score (nSPS) is 11.1. The Morgan fingerprint density at radius 3 is 2.05 bits per heavy atom. The number of aromatic hydroxyl groups is 2. The Kier molecular flexibility index (Phi) is 12.4. The van der Waals surface area contributed by atoms with Gasteiger partial charge in [0.15, 0.2) is 0 Å². The van der Waals surface area contributed by atoms with Crippen LogP contribution in [-0.2, 0) is 0 Å². The molecule has 3 aromatic carbocycles. The van der Waals surface area contributed by atoms with Gasteiger partial charge in [0.2, 0.25) is 0 Å². The Hall–Kier alpha value is -3.80. The zero-order valence-corrected chi connectivity index (χ0v) is 23.2. The Bertz CT molecular complexity index is 1200. The summed E-state index contributed by atoms with van der Waals surface area (Å²) < 4.78 is 11.2. The molecule has 0 aromatic heterocycles. The van der Waals surface area contributed by atoms with E-state index in [4.69, 9.17) is 9.47 Å². The lowest BCUT2D eigenvalue weighted by Gasteiger charge is -2.08. The van der Waals surface area contributed by atoms with Gasteiger partial charge in [0, 0.05) is 23.9 Å².